The molecular formula is C23H25N. The minimum atomic E-state index is 0.0329. The van der Waals surface area contributed by atoms with Gasteiger partial charge in [-0.3, -0.25) is 0 Å². The number of nitrogens with one attached hydrogen (secondary N) is 1. The summed E-state index contributed by atoms with van der Waals surface area (Å²) in [5.41, 5.74) is 7.70. The molecule has 3 rings (SSSR count). The molecule has 0 aliphatic heterocycles. The van der Waals surface area contributed by atoms with Crippen LogP contribution in [0.15, 0.2) is 79.0 Å². The van der Waals surface area contributed by atoms with Crippen LogP contribution in [-0.2, 0) is 5.41 Å². The number of rotatable bonds is 5. The van der Waals surface area contributed by atoms with E-state index in [0.29, 0.717) is 0 Å². The minimum absolute atomic E-state index is 0.0329. The normalized spacial score (nSPS) is 15.2. The van der Waals surface area contributed by atoms with Gasteiger partial charge in [-0.05, 0) is 53.0 Å². The van der Waals surface area contributed by atoms with Crippen molar-refractivity contribution < 1.29 is 0 Å². The van der Waals surface area contributed by atoms with Gasteiger partial charge in [0, 0.05) is 16.8 Å². The van der Waals surface area contributed by atoms with Crippen LogP contribution in [0.4, 0.5) is 5.69 Å². The Morgan fingerprint density at radius 2 is 1.83 bits per heavy atom. The van der Waals surface area contributed by atoms with E-state index < -0.39 is 0 Å². The third kappa shape index (κ3) is 2.82. The zero-order valence-corrected chi connectivity index (χ0v) is 14.8. The molecule has 1 aliphatic carbocycles. The molecule has 0 saturated heterocycles. The van der Waals surface area contributed by atoms with Crippen molar-refractivity contribution in [3.63, 3.8) is 0 Å². The van der Waals surface area contributed by atoms with Gasteiger partial charge in [-0.2, -0.15) is 0 Å². The highest BCUT2D eigenvalue weighted by Crippen LogP contribution is 2.49. The lowest BCUT2D eigenvalue weighted by Gasteiger charge is -2.22. The van der Waals surface area contributed by atoms with Crippen LogP contribution in [0.1, 0.15) is 38.3 Å². The average Bonchev–Trinajstić information content (AvgIpc) is 2.81. The number of allylic oxidation sites excluding steroid dienone is 4. The van der Waals surface area contributed by atoms with Crippen molar-refractivity contribution >= 4 is 5.69 Å². The number of anilines is 1. The molecule has 0 heterocycles. The molecule has 0 bridgehead atoms. The van der Waals surface area contributed by atoms with Gasteiger partial charge >= 0.3 is 0 Å². The number of hydrogen-bond donors (Lipinski definition) is 1. The van der Waals surface area contributed by atoms with Crippen LogP contribution in [0.25, 0.3) is 11.1 Å². The zero-order valence-electron chi connectivity index (χ0n) is 14.8. The van der Waals surface area contributed by atoms with Crippen LogP contribution >= 0.6 is 0 Å². The molecule has 1 heteroatoms. The number of fused-ring (bicyclic) bond motifs is 3. The lowest BCUT2D eigenvalue weighted by atomic mass is 9.82. The molecule has 0 fully saturated rings. The van der Waals surface area contributed by atoms with Gasteiger partial charge in [0.2, 0.25) is 0 Å². The molecular weight excluding hydrogens is 290 g/mol. The highest BCUT2D eigenvalue weighted by Gasteiger charge is 2.35. The number of benzene rings is 2. The van der Waals surface area contributed by atoms with E-state index in [4.69, 9.17) is 0 Å². The van der Waals surface area contributed by atoms with E-state index in [0.717, 1.165) is 17.8 Å². The molecule has 0 amide bonds. The molecule has 2 aromatic carbocycles. The summed E-state index contributed by atoms with van der Waals surface area (Å²) < 4.78 is 0. The Morgan fingerprint density at radius 1 is 1.08 bits per heavy atom. The SMILES string of the molecule is C=C/C=C(\C=C/CC)Nc1ccc2c(c1)C(C)(C)c1ccccc1-2. The first-order chi connectivity index (χ1) is 11.6. The van der Waals surface area contributed by atoms with Crippen molar-refractivity contribution in [3.05, 3.63) is 90.2 Å². The van der Waals surface area contributed by atoms with Crippen molar-refractivity contribution in [2.45, 2.75) is 32.6 Å². The lowest BCUT2D eigenvalue weighted by Crippen LogP contribution is -2.15. The van der Waals surface area contributed by atoms with Gasteiger partial charge in [-0.15, -0.1) is 0 Å². The summed E-state index contributed by atoms with van der Waals surface area (Å²) >= 11 is 0. The van der Waals surface area contributed by atoms with E-state index in [2.05, 4.69) is 87.3 Å². The molecule has 0 unspecified atom stereocenters. The molecule has 0 spiro atoms. The lowest BCUT2D eigenvalue weighted by molar-refractivity contribution is 0.660. The Hall–Kier alpha value is -2.54. The van der Waals surface area contributed by atoms with Crippen LogP contribution in [-0.4, -0.2) is 0 Å². The maximum atomic E-state index is 3.81. The molecule has 1 N–H and O–H groups in total. The van der Waals surface area contributed by atoms with Crippen molar-refractivity contribution in [1.82, 2.24) is 0 Å². The minimum Gasteiger partial charge on any atom is -0.356 e. The van der Waals surface area contributed by atoms with Crippen LogP contribution in [0.2, 0.25) is 0 Å². The monoisotopic (exact) mass is 315 g/mol. The second-order valence-electron chi connectivity index (χ2n) is 6.72. The fourth-order valence-electron chi connectivity index (χ4n) is 3.46. The molecule has 1 nitrogen and oxygen atoms in total. The summed E-state index contributed by atoms with van der Waals surface area (Å²) in [5, 5.41) is 3.51. The van der Waals surface area contributed by atoms with E-state index >= 15 is 0 Å². The fraction of sp³-hybridized carbons (Fsp3) is 0.217. The first kappa shape index (κ1) is 16.3. The summed E-state index contributed by atoms with van der Waals surface area (Å²) in [7, 11) is 0. The third-order valence-electron chi connectivity index (χ3n) is 4.70. The van der Waals surface area contributed by atoms with Crippen LogP contribution in [0.5, 0.6) is 0 Å². The van der Waals surface area contributed by atoms with Gasteiger partial charge in [0.05, 0.1) is 0 Å². The summed E-state index contributed by atoms with van der Waals surface area (Å²) in [6, 6.07) is 15.4. The van der Waals surface area contributed by atoms with Gasteiger partial charge in [-0.25, -0.2) is 0 Å². The van der Waals surface area contributed by atoms with Gasteiger partial charge in [0.15, 0.2) is 0 Å². The van der Waals surface area contributed by atoms with Crippen molar-refractivity contribution in [2.24, 2.45) is 0 Å². The first-order valence-corrected chi connectivity index (χ1v) is 8.58. The molecule has 1 aliphatic rings. The topological polar surface area (TPSA) is 12.0 Å². The first-order valence-electron chi connectivity index (χ1n) is 8.58. The number of hydrogen-bond acceptors (Lipinski definition) is 1. The third-order valence-corrected chi connectivity index (χ3v) is 4.70. The van der Waals surface area contributed by atoms with Crippen LogP contribution < -0.4 is 5.32 Å². The van der Waals surface area contributed by atoms with E-state index in [-0.39, 0.29) is 5.41 Å². The van der Waals surface area contributed by atoms with Gasteiger partial charge in [0.25, 0.3) is 0 Å². The van der Waals surface area contributed by atoms with Crippen LogP contribution in [0.3, 0.4) is 0 Å². The smallest absolute Gasteiger partial charge is 0.0387 e. The standard InChI is InChI=1S/C23H25N/c1-5-7-11-17(10-6-2)24-18-14-15-20-19-12-8-9-13-21(19)23(3,4)22(20)16-18/h6-16,24H,2,5H2,1,3-4H3/b11-7-,17-10+. The van der Waals surface area contributed by atoms with Gasteiger partial charge in [0.1, 0.15) is 0 Å². The summed E-state index contributed by atoms with van der Waals surface area (Å²) in [6.45, 7) is 10.6. The fourth-order valence-corrected chi connectivity index (χ4v) is 3.46. The van der Waals surface area contributed by atoms with Crippen molar-refractivity contribution in [1.29, 1.82) is 0 Å². The van der Waals surface area contributed by atoms with E-state index in [1.54, 1.807) is 0 Å². The zero-order chi connectivity index (χ0) is 17.2. The van der Waals surface area contributed by atoms with E-state index in [1.165, 1.54) is 22.3 Å². The maximum Gasteiger partial charge on any atom is 0.0387 e. The van der Waals surface area contributed by atoms with Gasteiger partial charge < -0.3 is 5.32 Å². The second-order valence-corrected chi connectivity index (χ2v) is 6.72. The van der Waals surface area contributed by atoms with Gasteiger partial charge in [-0.1, -0.05) is 69.8 Å². The highest BCUT2D eigenvalue weighted by molar-refractivity contribution is 5.82. The Labute approximate surface area is 145 Å². The molecule has 0 radical (unpaired) electrons. The predicted molar refractivity (Wildman–Crippen MR) is 105 cm³/mol. The molecule has 0 saturated carbocycles. The van der Waals surface area contributed by atoms with E-state index in [9.17, 15) is 0 Å². The summed E-state index contributed by atoms with van der Waals surface area (Å²) in [6.07, 6.45) is 9.09. The van der Waals surface area contributed by atoms with Crippen LogP contribution in [0, 0.1) is 0 Å². The summed E-state index contributed by atoms with van der Waals surface area (Å²) in [5.74, 6) is 0. The van der Waals surface area contributed by atoms with Crippen molar-refractivity contribution in [2.75, 3.05) is 5.32 Å². The highest BCUT2D eigenvalue weighted by atomic mass is 14.9. The molecule has 24 heavy (non-hydrogen) atoms. The Morgan fingerprint density at radius 3 is 2.58 bits per heavy atom. The van der Waals surface area contributed by atoms with E-state index in [1.807, 2.05) is 12.2 Å². The average molecular weight is 315 g/mol. The Bertz CT molecular complexity index is 822. The summed E-state index contributed by atoms with van der Waals surface area (Å²) in [4.78, 5) is 0. The largest absolute Gasteiger partial charge is 0.356 e. The quantitative estimate of drug-likeness (QED) is 0.626. The Balaban J connectivity index is 1.99. The molecule has 122 valence electrons. The Kier molecular flexibility index (Phi) is 4.44. The maximum absolute atomic E-state index is 3.81. The predicted octanol–water partition coefficient (Wildman–Crippen LogP) is 6.44. The molecule has 0 aromatic heterocycles. The molecule has 0 atom stereocenters. The second kappa shape index (κ2) is 6.52. The van der Waals surface area contributed by atoms with Crippen molar-refractivity contribution in [3.8, 4) is 11.1 Å². The molecule has 2 aromatic rings.